The summed E-state index contributed by atoms with van der Waals surface area (Å²) < 4.78 is 5.49. The number of hydrogen-bond acceptors (Lipinski definition) is 3. The summed E-state index contributed by atoms with van der Waals surface area (Å²) in [5, 5.41) is 3.21. The van der Waals surface area contributed by atoms with Gasteiger partial charge in [0.15, 0.2) is 0 Å². The van der Waals surface area contributed by atoms with E-state index >= 15 is 0 Å². The van der Waals surface area contributed by atoms with Crippen molar-refractivity contribution in [3.8, 4) is 0 Å². The zero-order chi connectivity index (χ0) is 18.8. The Kier molecular flexibility index (Phi) is 5.61. The zero-order valence-electron chi connectivity index (χ0n) is 16.8. The number of carbonyl (C=O) groups excluding carboxylic acids is 1. The molecule has 4 nitrogen and oxygen atoms in total. The fourth-order valence-electron chi connectivity index (χ4n) is 4.38. The van der Waals surface area contributed by atoms with Gasteiger partial charge in [0.1, 0.15) is 5.60 Å². The molecule has 2 atom stereocenters. The van der Waals surface area contributed by atoms with Crippen molar-refractivity contribution in [2.24, 2.45) is 5.92 Å². The van der Waals surface area contributed by atoms with Gasteiger partial charge in [0, 0.05) is 18.1 Å². The maximum Gasteiger partial charge on any atom is 0.408 e. The lowest BCUT2D eigenvalue weighted by molar-refractivity contribution is 0.0345. The van der Waals surface area contributed by atoms with Gasteiger partial charge < -0.3 is 10.1 Å². The van der Waals surface area contributed by atoms with Crippen LogP contribution in [-0.2, 0) is 4.74 Å². The van der Waals surface area contributed by atoms with Crippen molar-refractivity contribution in [2.75, 3.05) is 13.1 Å². The highest BCUT2D eigenvalue weighted by Gasteiger charge is 2.42. The van der Waals surface area contributed by atoms with E-state index in [1.54, 1.807) is 0 Å². The lowest BCUT2D eigenvalue weighted by atomic mass is 9.71. The summed E-state index contributed by atoms with van der Waals surface area (Å²) in [7, 11) is 0. The predicted molar refractivity (Wildman–Crippen MR) is 105 cm³/mol. The van der Waals surface area contributed by atoms with Crippen molar-refractivity contribution in [3.63, 3.8) is 0 Å². The molecule has 1 aliphatic heterocycles. The fourth-order valence-corrected chi connectivity index (χ4v) is 4.38. The molecule has 1 aromatic rings. The van der Waals surface area contributed by atoms with E-state index in [2.05, 4.69) is 47.5 Å². The van der Waals surface area contributed by atoms with Crippen molar-refractivity contribution in [3.05, 3.63) is 35.9 Å². The van der Waals surface area contributed by atoms with Gasteiger partial charge >= 0.3 is 6.09 Å². The highest BCUT2D eigenvalue weighted by molar-refractivity contribution is 5.69. The van der Waals surface area contributed by atoms with E-state index in [0.29, 0.717) is 12.0 Å². The number of benzene rings is 1. The monoisotopic (exact) mass is 358 g/mol. The molecule has 1 aliphatic carbocycles. The number of hydrogen-bond donors (Lipinski definition) is 1. The summed E-state index contributed by atoms with van der Waals surface area (Å²) in [4.78, 5) is 14.8. The second-order valence-corrected chi connectivity index (χ2v) is 9.20. The molecule has 1 amide bonds. The first kappa shape index (κ1) is 19.2. The second-order valence-electron chi connectivity index (χ2n) is 9.20. The van der Waals surface area contributed by atoms with Gasteiger partial charge in [-0.2, -0.15) is 0 Å². The van der Waals surface area contributed by atoms with Gasteiger partial charge in [-0.25, -0.2) is 4.79 Å². The van der Waals surface area contributed by atoms with Crippen molar-refractivity contribution in [1.82, 2.24) is 10.2 Å². The molecule has 1 saturated heterocycles. The Morgan fingerprint density at radius 3 is 2.58 bits per heavy atom. The number of likely N-dealkylation sites (tertiary alicyclic amines) is 1. The maximum atomic E-state index is 12.3. The van der Waals surface area contributed by atoms with Crippen LogP contribution in [0.25, 0.3) is 0 Å². The molecule has 3 rings (SSSR count). The Balaban J connectivity index is 1.54. The van der Waals surface area contributed by atoms with E-state index in [1.165, 1.54) is 18.4 Å². The third-order valence-corrected chi connectivity index (χ3v) is 5.90. The molecule has 0 radical (unpaired) electrons. The van der Waals surface area contributed by atoms with Crippen LogP contribution < -0.4 is 5.32 Å². The molecule has 2 fully saturated rings. The van der Waals surface area contributed by atoms with Gasteiger partial charge in [-0.05, 0) is 77.8 Å². The molecule has 0 spiro atoms. The molecule has 144 valence electrons. The summed E-state index contributed by atoms with van der Waals surface area (Å²) in [6.45, 7) is 10.3. The first-order valence-corrected chi connectivity index (χ1v) is 10.1. The van der Waals surface area contributed by atoms with E-state index < -0.39 is 5.60 Å². The Morgan fingerprint density at radius 2 is 2.00 bits per heavy atom. The quantitative estimate of drug-likeness (QED) is 0.813. The standard InChI is InChI=1S/C22H34N2O2/c1-17(19-9-6-5-7-10-19)24-14-11-18(16-24)15-22(12-8-13-22)23-20(25)26-21(2,3)4/h5-7,9-10,17-18H,8,11-16H2,1-4H3,(H,23,25)/t17-,18?/m1/s1. The SMILES string of the molecule is C[C@H](c1ccccc1)N1CCC(CC2(NC(=O)OC(C)(C)C)CCC2)C1. The van der Waals surface area contributed by atoms with E-state index in [4.69, 9.17) is 4.74 Å². The third-order valence-electron chi connectivity index (χ3n) is 5.90. The summed E-state index contributed by atoms with van der Waals surface area (Å²) in [5.74, 6) is 0.649. The van der Waals surface area contributed by atoms with E-state index in [9.17, 15) is 4.79 Å². The minimum atomic E-state index is -0.440. The Labute approximate surface area is 158 Å². The van der Waals surface area contributed by atoms with E-state index in [0.717, 1.165) is 32.4 Å². The molecule has 1 aromatic carbocycles. The van der Waals surface area contributed by atoms with Crippen molar-refractivity contribution < 1.29 is 9.53 Å². The largest absolute Gasteiger partial charge is 0.444 e. The smallest absolute Gasteiger partial charge is 0.408 e. The van der Waals surface area contributed by atoms with Gasteiger partial charge in [-0.1, -0.05) is 30.3 Å². The number of amides is 1. The first-order valence-electron chi connectivity index (χ1n) is 10.1. The van der Waals surface area contributed by atoms with Crippen LogP contribution in [-0.4, -0.2) is 35.2 Å². The number of nitrogens with zero attached hydrogens (tertiary/aromatic N) is 1. The number of nitrogens with one attached hydrogen (secondary N) is 1. The van der Waals surface area contributed by atoms with Gasteiger partial charge in [-0.15, -0.1) is 0 Å². The summed E-state index contributed by atoms with van der Waals surface area (Å²) in [6, 6.07) is 11.2. The summed E-state index contributed by atoms with van der Waals surface area (Å²) in [5.41, 5.74) is 0.905. The van der Waals surface area contributed by atoms with Crippen LogP contribution in [0, 0.1) is 5.92 Å². The van der Waals surface area contributed by atoms with Gasteiger partial charge in [0.25, 0.3) is 0 Å². The Bertz CT molecular complexity index is 604. The Morgan fingerprint density at radius 1 is 1.31 bits per heavy atom. The number of alkyl carbamates (subject to hydrolysis) is 1. The number of ether oxygens (including phenoxy) is 1. The maximum absolute atomic E-state index is 12.3. The van der Waals surface area contributed by atoms with Crippen LogP contribution in [0.3, 0.4) is 0 Å². The zero-order valence-corrected chi connectivity index (χ0v) is 16.8. The molecule has 2 aliphatic rings. The average Bonchev–Trinajstić information content (AvgIpc) is 2.99. The number of carbonyl (C=O) groups is 1. The van der Waals surface area contributed by atoms with Crippen LogP contribution in [0.4, 0.5) is 4.79 Å². The van der Waals surface area contributed by atoms with Crippen molar-refractivity contribution >= 4 is 6.09 Å². The lowest BCUT2D eigenvalue weighted by Gasteiger charge is -2.44. The van der Waals surface area contributed by atoms with Crippen LogP contribution >= 0.6 is 0 Å². The first-order chi connectivity index (χ1) is 12.3. The van der Waals surface area contributed by atoms with Crippen LogP contribution in [0.1, 0.15) is 71.4 Å². The van der Waals surface area contributed by atoms with Crippen LogP contribution in [0.15, 0.2) is 30.3 Å². The second kappa shape index (κ2) is 7.59. The van der Waals surface area contributed by atoms with E-state index in [1.807, 2.05) is 20.8 Å². The minimum absolute atomic E-state index is 0.0427. The average molecular weight is 359 g/mol. The van der Waals surface area contributed by atoms with Gasteiger partial charge in [-0.3, -0.25) is 4.90 Å². The van der Waals surface area contributed by atoms with Crippen molar-refractivity contribution in [2.45, 2.75) is 77.0 Å². The summed E-state index contributed by atoms with van der Waals surface area (Å²) >= 11 is 0. The van der Waals surface area contributed by atoms with Crippen LogP contribution in [0.2, 0.25) is 0 Å². The molecule has 1 saturated carbocycles. The van der Waals surface area contributed by atoms with Crippen molar-refractivity contribution in [1.29, 1.82) is 0 Å². The number of rotatable bonds is 5. The molecule has 26 heavy (non-hydrogen) atoms. The predicted octanol–water partition coefficient (Wildman–Crippen LogP) is 4.91. The summed E-state index contributed by atoms with van der Waals surface area (Å²) in [6.07, 6.45) is 5.39. The van der Waals surface area contributed by atoms with Crippen LogP contribution in [0.5, 0.6) is 0 Å². The normalized spacial score (nSPS) is 23.9. The Hall–Kier alpha value is -1.55. The molecular formula is C22H34N2O2. The molecule has 1 unspecified atom stereocenters. The highest BCUT2D eigenvalue weighted by atomic mass is 16.6. The third kappa shape index (κ3) is 4.79. The molecule has 4 heteroatoms. The molecule has 0 bridgehead atoms. The van der Waals surface area contributed by atoms with Gasteiger partial charge in [0.2, 0.25) is 0 Å². The highest BCUT2D eigenvalue weighted by Crippen LogP contribution is 2.40. The van der Waals surface area contributed by atoms with E-state index in [-0.39, 0.29) is 11.6 Å². The minimum Gasteiger partial charge on any atom is -0.444 e. The molecule has 0 aromatic heterocycles. The lowest BCUT2D eigenvalue weighted by Crippen LogP contribution is -2.55. The molecule has 1 N–H and O–H groups in total. The fraction of sp³-hybridized carbons (Fsp3) is 0.682. The van der Waals surface area contributed by atoms with Gasteiger partial charge in [0.05, 0.1) is 0 Å². The molecular weight excluding hydrogens is 324 g/mol. The topological polar surface area (TPSA) is 41.6 Å². The molecule has 1 heterocycles.